The van der Waals surface area contributed by atoms with Crippen LogP contribution in [0.4, 0.5) is 10.3 Å². The molecule has 34 heavy (non-hydrogen) atoms. The van der Waals surface area contributed by atoms with Crippen molar-refractivity contribution in [2.75, 3.05) is 17.6 Å². The number of H-pyrrole nitrogens is 1. The van der Waals surface area contributed by atoms with Crippen molar-refractivity contribution in [3.05, 3.63) is 71.7 Å². The van der Waals surface area contributed by atoms with Gasteiger partial charge in [-0.3, -0.25) is 20.4 Å². The van der Waals surface area contributed by atoms with E-state index in [9.17, 15) is 9.18 Å². The number of halogens is 1. The zero-order valence-electron chi connectivity index (χ0n) is 18.7. The maximum Gasteiger partial charge on any atom is 0.237 e. The van der Waals surface area contributed by atoms with E-state index in [-0.39, 0.29) is 23.4 Å². The molecule has 4 rings (SSSR count). The minimum Gasteiger partial charge on any atom is -0.361 e. The van der Waals surface area contributed by atoms with Crippen LogP contribution in [-0.4, -0.2) is 49.1 Å². The highest BCUT2D eigenvalue weighted by Gasteiger charge is 2.11. The zero-order chi connectivity index (χ0) is 23.9. The second-order valence-corrected chi connectivity index (χ2v) is 8.39. The Balaban J connectivity index is 1.46. The van der Waals surface area contributed by atoms with Gasteiger partial charge in [0.05, 0.1) is 5.75 Å². The van der Waals surface area contributed by atoms with Crippen molar-refractivity contribution in [1.82, 2.24) is 30.2 Å². The summed E-state index contributed by atoms with van der Waals surface area (Å²) < 4.78 is 13.7. The van der Waals surface area contributed by atoms with Gasteiger partial charge in [0.1, 0.15) is 5.82 Å². The first-order valence-electron chi connectivity index (χ1n) is 10.6. The molecule has 174 valence electrons. The predicted octanol–water partition coefficient (Wildman–Crippen LogP) is 3.42. The topological polar surface area (TPSA) is 121 Å². The molecule has 0 unspecified atom stereocenters. The monoisotopic (exact) mass is 478 g/mol. The first-order valence-corrected chi connectivity index (χ1v) is 11.5. The van der Waals surface area contributed by atoms with Gasteiger partial charge in [-0.05, 0) is 56.2 Å². The number of anilines is 1. The van der Waals surface area contributed by atoms with Crippen LogP contribution in [-0.2, 0) is 11.2 Å². The minimum atomic E-state index is -0.293. The van der Waals surface area contributed by atoms with Crippen molar-refractivity contribution in [1.29, 1.82) is 0 Å². The van der Waals surface area contributed by atoms with Gasteiger partial charge in [-0.15, -0.1) is 0 Å². The van der Waals surface area contributed by atoms with Crippen LogP contribution in [0.2, 0.25) is 0 Å². The number of carbonyl (C=O) groups is 1. The Labute approximate surface area is 199 Å². The second kappa shape index (κ2) is 10.8. The SMILES string of the molecule is Cc1cc(C)nc(NC(=NCCc2c[nH]c3ccc(F)cc23)NC(=O)CSc2ncccn2)n1. The molecule has 3 N–H and O–H groups in total. The van der Waals surface area contributed by atoms with Crippen LogP contribution in [0.1, 0.15) is 17.0 Å². The van der Waals surface area contributed by atoms with E-state index in [1.807, 2.05) is 26.1 Å². The fourth-order valence-corrected chi connectivity index (χ4v) is 3.91. The molecule has 3 heterocycles. The van der Waals surface area contributed by atoms with Gasteiger partial charge in [-0.25, -0.2) is 24.3 Å². The molecule has 11 heteroatoms. The lowest BCUT2D eigenvalue weighted by Gasteiger charge is -2.11. The Kier molecular flexibility index (Phi) is 7.43. The van der Waals surface area contributed by atoms with Gasteiger partial charge in [0.25, 0.3) is 0 Å². The molecule has 0 atom stereocenters. The number of aromatic nitrogens is 5. The molecule has 9 nitrogen and oxygen atoms in total. The third-order valence-electron chi connectivity index (χ3n) is 4.73. The lowest BCUT2D eigenvalue weighted by molar-refractivity contribution is -0.117. The van der Waals surface area contributed by atoms with Gasteiger partial charge < -0.3 is 4.98 Å². The molecule has 0 saturated carbocycles. The summed E-state index contributed by atoms with van der Waals surface area (Å²) in [7, 11) is 0. The number of rotatable bonds is 7. The van der Waals surface area contributed by atoms with Crippen molar-refractivity contribution < 1.29 is 9.18 Å². The molecule has 0 aliphatic heterocycles. The van der Waals surface area contributed by atoms with Crippen LogP contribution in [0.3, 0.4) is 0 Å². The van der Waals surface area contributed by atoms with E-state index in [1.54, 1.807) is 24.5 Å². The largest absolute Gasteiger partial charge is 0.361 e. The fourth-order valence-electron chi connectivity index (χ4n) is 3.30. The van der Waals surface area contributed by atoms with Crippen molar-refractivity contribution in [3.8, 4) is 0 Å². The molecule has 4 aromatic rings. The number of hydrogen-bond acceptors (Lipinski definition) is 7. The number of thioether (sulfide) groups is 1. The van der Waals surface area contributed by atoms with Crippen molar-refractivity contribution in [2.24, 2.45) is 4.99 Å². The van der Waals surface area contributed by atoms with E-state index < -0.39 is 0 Å². The first kappa shape index (κ1) is 23.3. The number of nitrogens with zero attached hydrogens (tertiary/aromatic N) is 5. The van der Waals surface area contributed by atoms with Gasteiger partial charge in [0.2, 0.25) is 17.8 Å². The number of benzene rings is 1. The average Bonchev–Trinajstić information content (AvgIpc) is 3.19. The van der Waals surface area contributed by atoms with E-state index >= 15 is 0 Å². The van der Waals surface area contributed by atoms with Crippen LogP contribution in [0, 0.1) is 19.7 Å². The number of amides is 1. The Morgan fingerprint density at radius 2 is 1.91 bits per heavy atom. The number of aromatic amines is 1. The lowest BCUT2D eigenvalue weighted by atomic mass is 10.1. The van der Waals surface area contributed by atoms with Crippen LogP contribution in [0.25, 0.3) is 10.9 Å². The number of aryl methyl sites for hydroxylation is 2. The zero-order valence-corrected chi connectivity index (χ0v) is 19.5. The summed E-state index contributed by atoms with van der Waals surface area (Å²) in [5.41, 5.74) is 3.37. The Hall–Kier alpha value is -3.86. The van der Waals surface area contributed by atoms with Gasteiger partial charge in [-0.2, -0.15) is 0 Å². The summed E-state index contributed by atoms with van der Waals surface area (Å²) in [6.45, 7) is 4.08. The molecular formula is C23H23FN8OS. The lowest BCUT2D eigenvalue weighted by Crippen LogP contribution is -2.38. The van der Waals surface area contributed by atoms with Crippen LogP contribution in [0.15, 0.2) is 59.1 Å². The minimum absolute atomic E-state index is 0.111. The fraction of sp³-hybridized carbons (Fsp3) is 0.217. The van der Waals surface area contributed by atoms with Crippen molar-refractivity contribution in [2.45, 2.75) is 25.4 Å². The highest BCUT2D eigenvalue weighted by Crippen LogP contribution is 2.20. The summed E-state index contributed by atoms with van der Waals surface area (Å²) >= 11 is 1.22. The van der Waals surface area contributed by atoms with Crippen LogP contribution < -0.4 is 10.6 Å². The maximum atomic E-state index is 13.7. The first-order chi connectivity index (χ1) is 16.5. The van der Waals surface area contributed by atoms with Gasteiger partial charge in [0.15, 0.2) is 5.16 Å². The van der Waals surface area contributed by atoms with E-state index in [0.717, 1.165) is 27.9 Å². The van der Waals surface area contributed by atoms with E-state index in [1.165, 1.54) is 23.9 Å². The molecule has 0 radical (unpaired) electrons. The number of nitrogens with one attached hydrogen (secondary N) is 3. The molecule has 0 saturated heterocycles. The van der Waals surface area contributed by atoms with Gasteiger partial charge in [0, 0.05) is 47.4 Å². The summed E-state index contributed by atoms with van der Waals surface area (Å²) in [6.07, 6.45) is 5.63. The summed E-state index contributed by atoms with van der Waals surface area (Å²) in [5.74, 6) is 0.112. The number of guanidine groups is 1. The van der Waals surface area contributed by atoms with Crippen molar-refractivity contribution >= 4 is 40.5 Å². The molecule has 1 aromatic carbocycles. The van der Waals surface area contributed by atoms with Gasteiger partial charge in [-0.1, -0.05) is 11.8 Å². The third-order valence-corrected chi connectivity index (χ3v) is 5.60. The highest BCUT2D eigenvalue weighted by molar-refractivity contribution is 7.99. The molecular weight excluding hydrogens is 455 g/mol. The average molecular weight is 479 g/mol. The molecule has 3 aromatic heterocycles. The summed E-state index contributed by atoms with van der Waals surface area (Å²) in [6, 6.07) is 8.19. The number of aliphatic imine (C=N–C) groups is 1. The summed E-state index contributed by atoms with van der Waals surface area (Å²) in [5, 5.41) is 7.10. The molecule has 0 fully saturated rings. The van der Waals surface area contributed by atoms with E-state index in [2.05, 4.69) is 40.5 Å². The smallest absolute Gasteiger partial charge is 0.237 e. The summed E-state index contributed by atoms with van der Waals surface area (Å²) in [4.78, 5) is 37.1. The third kappa shape index (κ3) is 6.35. The number of fused-ring (bicyclic) bond motifs is 1. The normalized spacial score (nSPS) is 11.6. The quantitative estimate of drug-likeness (QED) is 0.161. The Bertz CT molecular complexity index is 1310. The Morgan fingerprint density at radius 3 is 2.68 bits per heavy atom. The molecule has 0 bridgehead atoms. The Morgan fingerprint density at radius 1 is 1.15 bits per heavy atom. The van der Waals surface area contributed by atoms with Crippen LogP contribution in [0.5, 0.6) is 0 Å². The molecule has 0 spiro atoms. The van der Waals surface area contributed by atoms with E-state index in [0.29, 0.717) is 24.1 Å². The van der Waals surface area contributed by atoms with Crippen LogP contribution >= 0.6 is 11.8 Å². The second-order valence-electron chi connectivity index (χ2n) is 7.45. The van der Waals surface area contributed by atoms with Gasteiger partial charge >= 0.3 is 0 Å². The number of hydrogen-bond donors (Lipinski definition) is 3. The standard InChI is InChI=1S/C23H23FN8OS/c1-14-10-15(2)30-22(29-14)32-21(31-20(33)13-34-23-26-7-3-8-27-23)25-9-6-16-12-28-19-5-4-17(24)11-18(16)19/h3-5,7-8,10-12,28H,6,9,13H2,1-2H3,(H2,25,29,30,31,32,33). The molecule has 0 aliphatic rings. The highest BCUT2D eigenvalue weighted by atomic mass is 32.2. The maximum absolute atomic E-state index is 13.7. The molecule has 0 aliphatic carbocycles. The molecule has 1 amide bonds. The van der Waals surface area contributed by atoms with E-state index in [4.69, 9.17) is 0 Å². The predicted molar refractivity (Wildman–Crippen MR) is 130 cm³/mol. The van der Waals surface area contributed by atoms with Crippen molar-refractivity contribution in [3.63, 3.8) is 0 Å². The number of carbonyl (C=O) groups excluding carboxylic acids is 1.